The molecule has 0 aliphatic heterocycles. The Balaban J connectivity index is 0.000000269. The first-order valence-corrected chi connectivity index (χ1v) is 20.4. The molecule has 0 bridgehead atoms. The molecule has 0 atom stereocenters. The van der Waals surface area contributed by atoms with Gasteiger partial charge >= 0.3 is 0 Å². The van der Waals surface area contributed by atoms with Crippen molar-refractivity contribution >= 4 is 54.2 Å². The van der Waals surface area contributed by atoms with Gasteiger partial charge in [0.05, 0.1) is 0 Å². The highest BCUT2D eigenvalue weighted by atomic mass is 14.2. The van der Waals surface area contributed by atoms with Gasteiger partial charge < -0.3 is 0 Å². The molecule has 0 heterocycles. The van der Waals surface area contributed by atoms with Crippen LogP contribution in [-0.2, 0) is 0 Å². The second-order valence-corrected chi connectivity index (χ2v) is 14.8. The summed E-state index contributed by atoms with van der Waals surface area (Å²) in [6.07, 6.45) is 5.41. The van der Waals surface area contributed by atoms with Gasteiger partial charge in [-0.3, -0.25) is 0 Å². The Kier molecular flexibility index (Phi) is 12.6. The molecule has 284 valence electrons. The molecule has 0 amide bonds. The number of hydrogen-bond donors (Lipinski definition) is 0. The number of rotatable bonds is 8. The predicted octanol–water partition coefficient (Wildman–Crippen LogP) is 17.0. The Labute approximate surface area is 345 Å². The second-order valence-electron chi connectivity index (χ2n) is 14.8. The Bertz CT molecular complexity index is 2840. The summed E-state index contributed by atoms with van der Waals surface area (Å²) in [7, 11) is 0. The van der Waals surface area contributed by atoms with Gasteiger partial charge in [-0.05, 0) is 138 Å². The van der Waals surface area contributed by atoms with Gasteiger partial charge in [-0.15, -0.1) is 13.2 Å². The van der Waals surface area contributed by atoms with Crippen molar-refractivity contribution in [3.05, 3.63) is 230 Å². The van der Waals surface area contributed by atoms with Crippen LogP contribution in [0, 0.1) is 13.8 Å². The van der Waals surface area contributed by atoms with Crippen molar-refractivity contribution in [2.75, 3.05) is 0 Å². The first kappa shape index (κ1) is 39.5. The van der Waals surface area contributed by atoms with E-state index in [0.29, 0.717) is 0 Å². The maximum absolute atomic E-state index is 4.53. The average Bonchev–Trinajstić information content (AvgIpc) is 3.29. The third-order valence-electron chi connectivity index (χ3n) is 11.2. The van der Waals surface area contributed by atoms with E-state index in [0.717, 1.165) is 24.8 Å². The summed E-state index contributed by atoms with van der Waals surface area (Å²) in [6.45, 7) is 17.1. The molecule has 9 rings (SSSR count). The van der Waals surface area contributed by atoms with E-state index in [4.69, 9.17) is 0 Å². The minimum Gasteiger partial charge on any atom is -0.106 e. The molecule has 0 heteroatoms. The monoisotopic (exact) mass is 748 g/mol. The van der Waals surface area contributed by atoms with E-state index in [9.17, 15) is 0 Å². The molecule has 0 fully saturated rings. The van der Waals surface area contributed by atoms with Gasteiger partial charge in [0, 0.05) is 0 Å². The van der Waals surface area contributed by atoms with Gasteiger partial charge in [0.1, 0.15) is 0 Å². The third kappa shape index (κ3) is 8.20. The fraction of sp³-hybridized carbons (Fsp3) is 0.103. The number of hydrogen-bond acceptors (Lipinski definition) is 0. The Morgan fingerprint density at radius 1 is 0.448 bits per heavy atom. The van der Waals surface area contributed by atoms with Crippen LogP contribution < -0.4 is 0 Å². The lowest BCUT2D eigenvalue weighted by Gasteiger charge is -2.16. The fourth-order valence-corrected chi connectivity index (χ4v) is 8.31. The largest absolute Gasteiger partial charge is 0.106 e. The van der Waals surface area contributed by atoms with E-state index in [1.165, 1.54) is 93.2 Å². The van der Waals surface area contributed by atoms with Crippen LogP contribution in [0.1, 0.15) is 48.4 Å². The van der Waals surface area contributed by atoms with Crippen LogP contribution in [0.3, 0.4) is 0 Å². The number of aryl methyl sites for hydroxylation is 2. The zero-order valence-electron chi connectivity index (χ0n) is 34.1. The van der Waals surface area contributed by atoms with Gasteiger partial charge in [0.15, 0.2) is 0 Å². The van der Waals surface area contributed by atoms with Crippen molar-refractivity contribution < 1.29 is 0 Å². The Hall–Kier alpha value is -6.76. The molecular weight excluding hydrogens is 697 g/mol. The summed E-state index contributed by atoms with van der Waals surface area (Å²) in [5.41, 5.74) is 12.9. The third-order valence-corrected chi connectivity index (χ3v) is 11.2. The molecule has 0 nitrogen and oxygen atoms in total. The molecule has 0 spiro atoms. The zero-order valence-corrected chi connectivity index (χ0v) is 34.1. The minimum atomic E-state index is 0.836. The van der Waals surface area contributed by atoms with E-state index in [2.05, 4.69) is 229 Å². The van der Waals surface area contributed by atoms with Gasteiger partial charge in [-0.25, -0.2) is 0 Å². The van der Waals surface area contributed by atoms with E-state index < -0.39 is 0 Å². The van der Waals surface area contributed by atoms with Crippen LogP contribution in [0.25, 0.3) is 76.5 Å². The first-order valence-electron chi connectivity index (χ1n) is 20.4. The summed E-state index contributed by atoms with van der Waals surface area (Å²) < 4.78 is 0. The molecule has 9 aromatic carbocycles. The summed E-state index contributed by atoms with van der Waals surface area (Å²) in [6, 6.07) is 65.7. The van der Waals surface area contributed by atoms with Crippen molar-refractivity contribution in [3.63, 3.8) is 0 Å². The molecule has 0 saturated carbocycles. The standard InChI is InChI=1S/C42H34.C14H14.C2H4/c1-3-14-30(31-15-5-4-6-16-31)26-25-29(2)32-17-13-18-33(27-32)40-28-41-36-21-8-7-19-34(36)35-20-9-11-23-38(35)42(41)39-24-12-10-22-37(39)40;1-11-7-3-5-9-13(11)14-10-6-4-8-12(14)2;1-2/h4-13,15-24,26-28H,2-3,14,25H2,1H3;3-10H,1-2H3;1-2H2/b30-26+;;. The Morgan fingerprint density at radius 3 is 1.50 bits per heavy atom. The zero-order chi connectivity index (χ0) is 40.4. The quantitative estimate of drug-likeness (QED) is 0.107. The molecule has 0 aliphatic rings. The molecule has 0 aliphatic carbocycles. The Morgan fingerprint density at radius 2 is 0.914 bits per heavy atom. The molecule has 0 aromatic heterocycles. The normalized spacial score (nSPS) is 11.2. The number of fused-ring (bicyclic) bond motifs is 8. The lowest BCUT2D eigenvalue weighted by molar-refractivity contribution is 0.970. The lowest BCUT2D eigenvalue weighted by Crippen LogP contribution is -1.90. The second kappa shape index (κ2) is 18.5. The van der Waals surface area contributed by atoms with E-state index >= 15 is 0 Å². The molecule has 58 heavy (non-hydrogen) atoms. The van der Waals surface area contributed by atoms with Crippen molar-refractivity contribution in [2.24, 2.45) is 0 Å². The van der Waals surface area contributed by atoms with Gasteiger partial charge in [-0.2, -0.15) is 0 Å². The SMILES string of the molecule is C=C.C=C(C/C=C(\CCC)c1ccccc1)c1cccc(-c2cc3c4ccccc4c4ccccc4c3c3ccccc23)c1.Cc1ccccc1-c1ccccc1C. The van der Waals surface area contributed by atoms with Crippen molar-refractivity contribution in [2.45, 2.75) is 40.0 Å². The van der Waals surface area contributed by atoms with Gasteiger partial charge in [0.25, 0.3) is 0 Å². The predicted molar refractivity (Wildman–Crippen MR) is 257 cm³/mol. The van der Waals surface area contributed by atoms with Gasteiger partial charge in [-0.1, -0.05) is 196 Å². The minimum absolute atomic E-state index is 0.836. The summed E-state index contributed by atoms with van der Waals surface area (Å²) >= 11 is 0. The highest BCUT2D eigenvalue weighted by Gasteiger charge is 2.15. The molecule has 0 N–H and O–H groups in total. The average molecular weight is 749 g/mol. The highest BCUT2D eigenvalue weighted by molar-refractivity contribution is 6.33. The summed E-state index contributed by atoms with van der Waals surface area (Å²) in [4.78, 5) is 0. The molecule has 0 radical (unpaired) electrons. The number of allylic oxidation sites excluding steroid dienone is 3. The maximum Gasteiger partial charge on any atom is -0.00199 e. The highest BCUT2D eigenvalue weighted by Crippen LogP contribution is 2.43. The van der Waals surface area contributed by atoms with Crippen LogP contribution in [0.5, 0.6) is 0 Å². The fourth-order valence-electron chi connectivity index (χ4n) is 8.31. The molecular formula is C58H52. The summed E-state index contributed by atoms with van der Waals surface area (Å²) in [5.74, 6) is 0. The van der Waals surface area contributed by atoms with Gasteiger partial charge in [0.2, 0.25) is 0 Å². The first-order chi connectivity index (χ1) is 28.5. The molecule has 0 unspecified atom stereocenters. The van der Waals surface area contributed by atoms with Crippen LogP contribution in [0.15, 0.2) is 208 Å². The van der Waals surface area contributed by atoms with Crippen LogP contribution in [0.2, 0.25) is 0 Å². The smallest absolute Gasteiger partial charge is 0.00199 e. The molecule has 0 saturated heterocycles. The maximum atomic E-state index is 4.53. The topological polar surface area (TPSA) is 0 Å². The van der Waals surface area contributed by atoms with Crippen LogP contribution in [-0.4, -0.2) is 0 Å². The van der Waals surface area contributed by atoms with E-state index in [1.54, 1.807) is 0 Å². The van der Waals surface area contributed by atoms with E-state index in [-0.39, 0.29) is 0 Å². The summed E-state index contributed by atoms with van der Waals surface area (Å²) in [5, 5.41) is 10.4. The van der Waals surface area contributed by atoms with E-state index in [1.807, 2.05) is 0 Å². The van der Waals surface area contributed by atoms with Crippen LogP contribution in [0.4, 0.5) is 0 Å². The van der Waals surface area contributed by atoms with Crippen molar-refractivity contribution in [3.8, 4) is 22.3 Å². The van der Waals surface area contributed by atoms with Crippen LogP contribution >= 0.6 is 0 Å². The lowest BCUT2D eigenvalue weighted by atomic mass is 9.87. The number of benzene rings is 9. The van der Waals surface area contributed by atoms with Crippen molar-refractivity contribution in [1.29, 1.82) is 0 Å². The van der Waals surface area contributed by atoms with Crippen molar-refractivity contribution in [1.82, 2.24) is 0 Å². The molecule has 9 aromatic rings.